The van der Waals surface area contributed by atoms with Crippen molar-refractivity contribution in [2.75, 3.05) is 26.3 Å². The maximum absolute atomic E-state index is 8.83. The zero-order chi connectivity index (χ0) is 8.81. The van der Waals surface area contributed by atoms with Crippen molar-refractivity contribution >= 4 is 0 Å². The molecule has 0 bridgehead atoms. The second-order valence-corrected chi connectivity index (χ2v) is 2.75. The minimum atomic E-state index is -0.0705. The Hall–Kier alpha value is -0.850. The Morgan fingerprint density at radius 3 is 2.67 bits per heavy atom. The third kappa shape index (κ3) is 2.33. The minimum absolute atomic E-state index is 0.0705. The second kappa shape index (κ2) is 4.91. The summed E-state index contributed by atoms with van der Waals surface area (Å²) in [5.74, 6) is 0. The van der Waals surface area contributed by atoms with E-state index in [4.69, 9.17) is 10.00 Å². The molecule has 1 aliphatic rings. The molecule has 1 aliphatic heterocycles. The predicted molar refractivity (Wildman–Crippen MR) is 46.6 cm³/mol. The van der Waals surface area contributed by atoms with Gasteiger partial charge in [-0.3, -0.25) is 4.90 Å². The van der Waals surface area contributed by atoms with Crippen LogP contribution in [0.1, 0.15) is 6.92 Å². The van der Waals surface area contributed by atoms with E-state index in [-0.39, 0.29) is 6.04 Å². The molecule has 0 saturated carbocycles. The number of hydrogen-bond acceptors (Lipinski definition) is 3. The van der Waals surface area contributed by atoms with Crippen molar-refractivity contribution in [3.05, 3.63) is 12.2 Å². The van der Waals surface area contributed by atoms with Gasteiger partial charge < -0.3 is 4.74 Å². The van der Waals surface area contributed by atoms with Crippen molar-refractivity contribution in [3.63, 3.8) is 0 Å². The Balaban J connectivity index is 2.47. The van der Waals surface area contributed by atoms with E-state index < -0.39 is 0 Å². The van der Waals surface area contributed by atoms with Crippen LogP contribution in [-0.2, 0) is 4.74 Å². The molecule has 0 aromatic rings. The van der Waals surface area contributed by atoms with Gasteiger partial charge in [0, 0.05) is 13.1 Å². The fourth-order valence-electron chi connectivity index (χ4n) is 1.28. The molecular weight excluding hydrogens is 152 g/mol. The van der Waals surface area contributed by atoms with Gasteiger partial charge >= 0.3 is 0 Å². The molecule has 3 heteroatoms. The average molecular weight is 166 g/mol. The van der Waals surface area contributed by atoms with Crippen LogP contribution in [-0.4, -0.2) is 37.2 Å². The Morgan fingerprint density at radius 2 is 2.17 bits per heavy atom. The van der Waals surface area contributed by atoms with Crippen LogP contribution in [0.25, 0.3) is 0 Å². The topological polar surface area (TPSA) is 36.3 Å². The first kappa shape index (κ1) is 9.24. The molecule has 0 radical (unpaired) electrons. The lowest BCUT2D eigenvalue weighted by atomic mass is 10.2. The van der Waals surface area contributed by atoms with Crippen LogP contribution in [0.3, 0.4) is 0 Å². The third-order valence-electron chi connectivity index (χ3n) is 1.95. The lowest BCUT2D eigenvalue weighted by Crippen LogP contribution is -2.41. The van der Waals surface area contributed by atoms with Crippen LogP contribution >= 0.6 is 0 Å². The summed E-state index contributed by atoms with van der Waals surface area (Å²) in [6.45, 7) is 5.15. The van der Waals surface area contributed by atoms with Crippen molar-refractivity contribution in [1.82, 2.24) is 4.90 Å². The molecule has 12 heavy (non-hydrogen) atoms. The SMILES string of the molecule is C/C=C/C(C#N)N1CCOCC1. The number of nitrogens with zero attached hydrogens (tertiary/aromatic N) is 2. The van der Waals surface area contributed by atoms with Gasteiger partial charge in [-0.25, -0.2) is 0 Å². The lowest BCUT2D eigenvalue weighted by Gasteiger charge is -2.28. The Kier molecular flexibility index (Phi) is 3.78. The van der Waals surface area contributed by atoms with Gasteiger partial charge in [-0.1, -0.05) is 12.2 Å². The van der Waals surface area contributed by atoms with E-state index in [0.717, 1.165) is 26.3 Å². The average Bonchev–Trinajstić information content (AvgIpc) is 2.15. The third-order valence-corrected chi connectivity index (χ3v) is 1.95. The molecule has 66 valence electrons. The summed E-state index contributed by atoms with van der Waals surface area (Å²) < 4.78 is 5.20. The van der Waals surface area contributed by atoms with E-state index in [2.05, 4.69) is 11.0 Å². The normalized spacial score (nSPS) is 22.3. The number of morpholine rings is 1. The molecule has 0 aliphatic carbocycles. The van der Waals surface area contributed by atoms with E-state index in [1.165, 1.54) is 0 Å². The molecule has 1 atom stereocenters. The van der Waals surface area contributed by atoms with E-state index in [9.17, 15) is 0 Å². The summed E-state index contributed by atoms with van der Waals surface area (Å²) in [6, 6.07) is 2.19. The smallest absolute Gasteiger partial charge is 0.117 e. The van der Waals surface area contributed by atoms with Crippen molar-refractivity contribution < 1.29 is 4.74 Å². The number of allylic oxidation sites excluding steroid dienone is 1. The highest BCUT2D eigenvalue weighted by Crippen LogP contribution is 2.04. The van der Waals surface area contributed by atoms with Gasteiger partial charge in [0.1, 0.15) is 6.04 Å². The number of nitriles is 1. The van der Waals surface area contributed by atoms with Gasteiger partial charge in [0.05, 0.1) is 19.3 Å². The van der Waals surface area contributed by atoms with E-state index in [0.29, 0.717) is 0 Å². The minimum Gasteiger partial charge on any atom is -0.379 e. The molecule has 0 amide bonds. The van der Waals surface area contributed by atoms with Crippen molar-refractivity contribution in [3.8, 4) is 6.07 Å². The van der Waals surface area contributed by atoms with Gasteiger partial charge in [-0.2, -0.15) is 5.26 Å². The van der Waals surface area contributed by atoms with E-state index in [1.54, 1.807) is 0 Å². The fourth-order valence-corrected chi connectivity index (χ4v) is 1.28. The van der Waals surface area contributed by atoms with Gasteiger partial charge in [0.2, 0.25) is 0 Å². The standard InChI is InChI=1S/C9H14N2O/c1-2-3-9(8-10)11-4-6-12-7-5-11/h2-3,9H,4-7H2,1H3/b3-2+. The second-order valence-electron chi connectivity index (χ2n) is 2.75. The van der Waals surface area contributed by atoms with Crippen LogP contribution in [0.2, 0.25) is 0 Å². The summed E-state index contributed by atoms with van der Waals surface area (Å²) in [5, 5.41) is 8.83. The zero-order valence-electron chi connectivity index (χ0n) is 7.36. The molecule has 0 N–H and O–H groups in total. The molecule has 0 aromatic carbocycles. The van der Waals surface area contributed by atoms with Crippen LogP contribution in [0.4, 0.5) is 0 Å². The number of hydrogen-bond donors (Lipinski definition) is 0. The molecule has 1 rings (SSSR count). The summed E-state index contributed by atoms with van der Waals surface area (Å²) in [6.07, 6.45) is 3.84. The maximum atomic E-state index is 8.83. The number of rotatable bonds is 2. The Labute approximate surface area is 73.2 Å². The van der Waals surface area contributed by atoms with Gasteiger partial charge in [0.25, 0.3) is 0 Å². The molecule has 1 saturated heterocycles. The number of ether oxygens (including phenoxy) is 1. The molecule has 0 aromatic heterocycles. The highest BCUT2D eigenvalue weighted by Gasteiger charge is 2.17. The largest absolute Gasteiger partial charge is 0.379 e. The Morgan fingerprint density at radius 1 is 1.50 bits per heavy atom. The lowest BCUT2D eigenvalue weighted by molar-refractivity contribution is 0.0340. The van der Waals surface area contributed by atoms with Crippen molar-refractivity contribution in [2.45, 2.75) is 13.0 Å². The highest BCUT2D eigenvalue weighted by atomic mass is 16.5. The monoisotopic (exact) mass is 166 g/mol. The molecular formula is C9H14N2O. The Bertz CT molecular complexity index is 189. The van der Waals surface area contributed by atoms with E-state index in [1.807, 2.05) is 19.1 Å². The summed E-state index contributed by atoms with van der Waals surface area (Å²) >= 11 is 0. The first-order valence-electron chi connectivity index (χ1n) is 4.22. The van der Waals surface area contributed by atoms with Gasteiger partial charge in [0.15, 0.2) is 0 Å². The highest BCUT2D eigenvalue weighted by molar-refractivity contribution is 5.06. The van der Waals surface area contributed by atoms with Crippen molar-refractivity contribution in [2.24, 2.45) is 0 Å². The first-order valence-corrected chi connectivity index (χ1v) is 4.22. The fraction of sp³-hybridized carbons (Fsp3) is 0.667. The van der Waals surface area contributed by atoms with Crippen LogP contribution in [0.5, 0.6) is 0 Å². The summed E-state index contributed by atoms with van der Waals surface area (Å²) in [7, 11) is 0. The molecule has 1 heterocycles. The van der Waals surface area contributed by atoms with Crippen LogP contribution in [0.15, 0.2) is 12.2 Å². The van der Waals surface area contributed by atoms with Crippen LogP contribution in [0, 0.1) is 11.3 Å². The zero-order valence-corrected chi connectivity index (χ0v) is 7.36. The maximum Gasteiger partial charge on any atom is 0.117 e. The van der Waals surface area contributed by atoms with Gasteiger partial charge in [-0.15, -0.1) is 0 Å². The molecule has 1 fully saturated rings. The molecule has 3 nitrogen and oxygen atoms in total. The first-order chi connectivity index (χ1) is 5.88. The van der Waals surface area contributed by atoms with Crippen LogP contribution < -0.4 is 0 Å². The summed E-state index contributed by atoms with van der Waals surface area (Å²) in [5.41, 5.74) is 0. The molecule has 0 spiro atoms. The quantitative estimate of drug-likeness (QED) is 0.569. The van der Waals surface area contributed by atoms with Crippen molar-refractivity contribution in [1.29, 1.82) is 5.26 Å². The van der Waals surface area contributed by atoms with E-state index >= 15 is 0 Å². The molecule has 1 unspecified atom stereocenters. The predicted octanol–water partition coefficient (Wildman–Crippen LogP) is 0.787. The van der Waals surface area contributed by atoms with Gasteiger partial charge in [-0.05, 0) is 6.92 Å². The summed E-state index contributed by atoms with van der Waals surface area (Å²) in [4.78, 5) is 2.13.